The molecule has 0 heterocycles. The van der Waals surface area contributed by atoms with Gasteiger partial charge in [0.15, 0.2) is 0 Å². The SMILES string of the molecule is CCCC[PH+](CCCC)CCCC.[CH-]=O.[CH-]=O.[CH-]=O.[CH-]=O.[Fe+4]. The second kappa shape index (κ2) is 58.8. The van der Waals surface area contributed by atoms with Crippen LogP contribution in [-0.4, -0.2) is 45.6 Å². The van der Waals surface area contributed by atoms with Gasteiger partial charge in [0.1, 0.15) is 0 Å². The van der Waals surface area contributed by atoms with Crippen molar-refractivity contribution in [3.8, 4) is 0 Å². The van der Waals surface area contributed by atoms with Gasteiger partial charge in [0.25, 0.3) is 0 Å². The van der Waals surface area contributed by atoms with Crippen LogP contribution < -0.4 is 0 Å². The Hall–Kier alpha value is -0.371. The molecule has 0 unspecified atom stereocenters. The maximum absolute atomic E-state index is 7.75. The molecule has 132 valence electrons. The molecule has 0 aromatic heterocycles. The molecule has 22 heavy (non-hydrogen) atoms. The van der Waals surface area contributed by atoms with E-state index in [1.807, 2.05) is 0 Å². The number of hydrogen-bond acceptors (Lipinski definition) is 4. The van der Waals surface area contributed by atoms with Crippen LogP contribution in [-0.2, 0) is 36.2 Å². The molecular formula is C16H32FeO4P+. The molecule has 0 saturated heterocycles. The fourth-order valence-electron chi connectivity index (χ4n) is 1.66. The molecule has 0 N–H and O–H groups in total. The first-order chi connectivity index (χ1) is 10.3. The van der Waals surface area contributed by atoms with Gasteiger partial charge in [0, 0.05) is 7.92 Å². The normalized spacial score (nSPS) is 7.27. The van der Waals surface area contributed by atoms with Gasteiger partial charge < -0.3 is 19.2 Å². The Morgan fingerprint density at radius 2 is 0.727 bits per heavy atom. The van der Waals surface area contributed by atoms with Crippen LogP contribution in [0.2, 0.25) is 0 Å². The zero-order valence-electron chi connectivity index (χ0n) is 14.2. The molecule has 0 radical (unpaired) electrons. The maximum Gasteiger partial charge on any atom is 4.00 e. The summed E-state index contributed by atoms with van der Waals surface area (Å²) in [5.74, 6) is 0. The van der Waals surface area contributed by atoms with Gasteiger partial charge in [0.2, 0.25) is 0 Å². The molecule has 0 aliphatic rings. The van der Waals surface area contributed by atoms with Crippen molar-refractivity contribution in [2.24, 2.45) is 0 Å². The minimum absolute atomic E-state index is 0. The van der Waals surface area contributed by atoms with E-state index in [0.717, 1.165) is 0 Å². The van der Waals surface area contributed by atoms with E-state index < -0.39 is 0 Å². The summed E-state index contributed by atoms with van der Waals surface area (Å²) in [7, 11) is 0.0675. The minimum atomic E-state index is 0. The zero-order valence-corrected chi connectivity index (χ0v) is 16.3. The number of unbranched alkanes of at least 4 members (excludes halogenated alkanes) is 3. The number of rotatable bonds is 9. The van der Waals surface area contributed by atoms with E-state index in [1.54, 1.807) is 18.5 Å². The van der Waals surface area contributed by atoms with Gasteiger partial charge in [-0.2, -0.15) is 0 Å². The molecule has 0 aliphatic heterocycles. The van der Waals surface area contributed by atoms with E-state index in [9.17, 15) is 0 Å². The summed E-state index contributed by atoms with van der Waals surface area (Å²) in [6.45, 7) is 20.0. The molecule has 0 aromatic rings. The van der Waals surface area contributed by atoms with Crippen molar-refractivity contribution in [2.75, 3.05) is 18.5 Å². The van der Waals surface area contributed by atoms with Gasteiger partial charge in [-0.05, 0) is 19.3 Å². The Morgan fingerprint density at radius 1 is 0.545 bits per heavy atom. The minimum Gasteiger partial charge on any atom is -0.545 e. The van der Waals surface area contributed by atoms with Crippen LogP contribution in [0.5, 0.6) is 0 Å². The molecule has 6 heteroatoms. The number of carbonyl (C=O) groups excluding carboxylic acids is 4. The predicted octanol–water partition coefficient (Wildman–Crippen LogP) is 3.50. The van der Waals surface area contributed by atoms with Crippen LogP contribution >= 0.6 is 7.92 Å². The van der Waals surface area contributed by atoms with E-state index in [-0.39, 0.29) is 25.0 Å². The van der Waals surface area contributed by atoms with Crippen LogP contribution in [0, 0.1) is 0 Å². The molecule has 0 aliphatic carbocycles. The van der Waals surface area contributed by atoms with E-state index in [4.69, 9.17) is 19.2 Å². The maximum atomic E-state index is 7.75. The Kier molecular flexibility index (Phi) is 101. The second-order valence-electron chi connectivity index (χ2n) is 4.06. The van der Waals surface area contributed by atoms with Crippen molar-refractivity contribution >= 4 is 35.1 Å². The van der Waals surface area contributed by atoms with Crippen molar-refractivity contribution in [3.05, 3.63) is 0 Å². The van der Waals surface area contributed by atoms with Crippen molar-refractivity contribution in [3.63, 3.8) is 0 Å². The summed E-state index contributed by atoms with van der Waals surface area (Å²) in [4.78, 5) is 31.0. The molecule has 0 fully saturated rings. The Bertz CT molecular complexity index is 127. The van der Waals surface area contributed by atoms with Gasteiger partial charge in [-0.1, -0.05) is 40.0 Å². The number of hydrogen-bond donors (Lipinski definition) is 0. The summed E-state index contributed by atoms with van der Waals surface area (Å²) in [5, 5.41) is 0. The van der Waals surface area contributed by atoms with Crippen LogP contribution in [0.1, 0.15) is 59.3 Å². The first-order valence-electron chi connectivity index (χ1n) is 7.12. The molecule has 0 amide bonds. The first-order valence-corrected chi connectivity index (χ1v) is 9.25. The molecule has 0 bridgehead atoms. The predicted molar refractivity (Wildman–Crippen MR) is 94.6 cm³/mol. The first kappa shape index (κ1) is 37.7. The third-order valence-electron chi connectivity index (χ3n) is 2.65. The van der Waals surface area contributed by atoms with Gasteiger partial charge >= 0.3 is 17.1 Å². The summed E-state index contributed by atoms with van der Waals surface area (Å²) < 4.78 is 0. The average molecular weight is 375 g/mol. The van der Waals surface area contributed by atoms with E-state index >= 15 is 0 Å². The van der Waals surface area contributed by atoms with Gasteiger partial charge in [0.05, 0.1) is 18.5 Å². The Morgan fingerprint density at radius 3 is 0.864 bits per heavy atom. The van der Waals surface area contributed by atoms with Crippen LogP contribution in [0.4, 0.5) is 0 Å². The monoisotopic (exact) mass is 375 g/mol. The molecule has 0 rings (SSSR count). The van der Waals surface area contributed by atoms with E-state index in [1.165, 1.54) is 38.5 Å². The van der Waals surface area contributed by atoms with Crippen molar-refractivity contribution in [2.45, 2.75) is 59.3 Å². The van der Waals surface area contributed by atoms with E-state index in [2.05, 4.69) is 47.9 Å². The summed E-state index contributed by atoms with van der Waals surface area (Å²) in [5.41, 5.74) is 0. The molecule has 0 saturated carbocycles. The summed E-state index contributed by atoms with van der Waals surface area (Å²) in [6, 6.07) is 0. The topological polar surface area (TPSA) is 68.3 Å². The van der Waals surface area contributed by atoms with Gasteiger partial charge in [-0.25, -0.2) is 0 Å². The van der Waals surface area contributed by atoms with Crippen molar-refractivity contribution in [1.29, 1.82) is 0 Å². The molecular weight excluding hydrogens is 343 g/mol. The Balaban J connectivity index is -0.0000000613. The van der Waals surface area contributed by atoms with Crippen molar-refractivity contribution in [1.82, 2.24) is 0 Å². The fourth-order valence-corrected chi connectivity index (χ4v) is 4.97. The molecule has 0 aromatic carbocycles. The third kappa shape index (κ3) is 50.4. The average Bonchev–Trinajstić information content (AvgIpc) is 2.61. The molecule has 0 spiro atoms. The largest absolute Gasteiger partial charge is 4.00 e. The van der Waals surface area contributed by atoms with Gasteiger partial charge in [-0.15, -0.1) is 0 Å². The van der Waals surface area contributed by atoms with Crippen LogP contribution in [0.3, 0.4) is 0 Å². The van der Waals surface area contributed by atoms with Crippen molar-refractivity contribution < 1.29 is 36.2 Å². The second-order valence-corrected chi connectivity index (χ2v) is 7.06. The molecule has 0 atom stereocenters. The fraction of sp³-hybridized carbons (Fsp3) is 0.750. The van der Waals surface area contributed by atoms with Crippen LogP contribution in [0.25, 0.3) is 0 Å². The summed E-state index contributed by atoms with van der Waals surface area (Å²) >= 11 is 0. The standard InChI is InChI=1S/C12H27P.4CHO.Fe/c1-4-7-10-13(11-8-5-2)12-9-6-3;4*1-2;/h4-12H2,1-3H3;4*1H;/q;4*-1;+4/p+1. The van der Waals surface area contributed by atoms with Gasteiger partial charge in [-0.3, -0.25) is 27.2 Å². The third-order valence-corrected chi connectivity index (χ3v) is 5.83. The quantitative estimate of drug-likeness (QED) is 0.268. The zero-order chi connectivity index (χ0) is 17.9. The van der Waals surface area contributed by atoms with Crippen LogP contribution in [0.15, 0.2) is 0 Å². The smallest absolute Gasteiger partial charge is 0.545 e. The summed E-state index contributed by atoms with van der Waals surface area (Å²) in [6.07, 6.45) is 13.4. The molecule has 4 nitrogen and oxygen atoms in total. The Labute approximate surface area is 149 Å². The van der Waals surface area contributed by atoms with E-state index in [0.29, 0.717) is 0 Å².